The molecule has 2 aliphatic rings. The van der Waals surface area contributed by atoms with Crippen molar-refractivity contribution in [3.63, 3.8) is 0 Å². The molecule has 2 amide bonds. The van der Waals surface area contributed by atoms with E-state index in [0.717, 1.165) is 12.8 Å². The number of benzene rings is 2. The second-order valence-electron chi connectivity index (χ2n) is 9.25. The molecule has 4 rings (SSSR count). The third-order valence-electron chi connectivity index (χ3n) is 6.91. The van der Waals surface area contributed by atoms with Crippen molar-refractivity contribution in [3.8, 4) is 11.1 Å². The van der Waals surface area contributed by atoms with E-state index in [9.17, 15) is 14.4 Å². The zero-order chi connectivity index (χ0) is 24.8. The molecule has 0 bridgehead atoms. The standard InChI is InChI=1S/C27H32N2O5S/c1-35-13-12-29(16-26(31)32)25(30)15-18-10-11-19(14-18)28-27(33)34-17-24-22-8-4-2-6-20(22)21-7-3-5-9-23(21)24/h2-9,18-19,24H,10-17H2,1H3,(H,28,33)(H,31,32)/t18-,19+/m0/s1. The third-order valence-corrected chi connectivity index (χ3v) is 7.51. The van der Waals surface area contributed by atoms with Gasteiger partial charge in [-0.15, -0.1) is 0 Å². The number of alkyl carbamates (subject to hydrolysis) is 1. The topological polar surface area (TPSA) is 95.9 Å². The Labute approximate surface area is 210 Å². The number of carboxylic acids is 1. The van der Waals surface area contributed by atoms with Gasteiger partial charge in [-0.05, 0) is 53.7 Å². The summed E-state index contributed by atoms with van der Waals surface area (Å²) in [6.45, 7) is 0.433. The minimum absolute atomic E-state index is 0.0172. The van der Waals surface area contributed by atoms with Crippen LogP contribution in [0.25, 0.3) is 11.1 Å². The highest BCUT2D eigenvalue weighted by Gasteiger charge is 2.31. The second-order valence-corrected chi connectivity index (χ2v) is 10.2. The Morgan fingerprint density at radius 1 is 1.06 bits per heavy atom. The summed E-state index contributed by atoms with van der Waals surface area (Å²) in [4.78, 5) is 37.8. The Bertz CT molecular complexity index is 1030. The maximum absolute atomic E-state index is 12.7. The van der Waals surface area contributed by atoms with Gasteiger partial charge in [0.2, 0.25) is 5.91 Å². The average Bonchev–Trinajstić information content (AvgIpc) is 3.41. The molecule has 0 aromatic heterocycles. The maximum Gasteiger partial charge on any atom is 0.407 e. The first kappa shape index (κ1) is 25.1. The van der Waals surface area contributed by atoms with Crippen LogP contribution in [-0.4, -0.2) is 65.7 Å². The summed E-state index contributed by atoms with van der Waals surface area (Å²) < 4.78 is 5.65. The molecule has 1 fully saturated rings. The van der Waals surface area contributed by atoms with Gasteiger partial charge in [0.15, 0.2) is 0 Å². The van der Waals surface area contributed by atoms with Gasteiger partial charge in [-0.2, -0.15) is 11.8 Å². The zero-order valence-electron chi connectivity index (χ0n) is 19.9. The number of aliphatic carboxylic acids is 1. The van der Waals surface area contributed by atoms with Crippen LogP contribution in [0.1, 0.15) is 42.7 Å². The molecule has 0 radical (unpaired) electrons. The normalized spacial score (nSPS) is 18.5. The summed E-state index contributed by atoms with van der Waals surface area (Å²) in [6, 6.07) is 16.4. The lowest BCUT2D eigenvalue weighted by Gasteiger charge is -2.22. The highest BCUT2D eigenvalue weighted by atomic mass is 32.2. The van der Waals surface area contributed by atoms with Crippen LogP contribution in [0, 0.1) is 5.92 Å². The molecule has 7 nitrogen and oxygen atoms in total. The molecular weight excluding hydrogens is 464 g/mol. The predicted octanol–water partition coefficient (Wildman–Crippen LogP) is 4.36. The van der Waals surface area contributed by atoms with Gasteiger partial charge in [-0.3, -0.25) is 9.59 Å². The summed E-state index contributed by atoms with van der Waals surface area (Å²) >= 11 is 1.58. The minimum Gasteiger partial charge on any atom is -0.480 e. The van der Waals surface area contributed by atoms with Gasteiger partial charge in [0.05, 0.1) is 0 Å². The SMILES string of the molecule is CSCCN(CC(=O)O)C(=O)C[C@H]1CC[C@@H](NC(=O)OCC2c3ccccc3-c3ccccc32)C1. The summed E-state index contributed by atoms with van der Waals surface area (Å²) in [5.41, 5.74) is 4.73. The van der Waals surface area contributed by atoms with Gasteiger partial charge in [0.1, 0.15) is 13.2 Å². The van der Waals surface area contributed by atoms with Gasteiger partial charge < -0.3 is 20.1 Å². The molecule has 0 unspecified atom stereocenters. The number of fused-ring (bicyclic) bond motifs is 3. The Hall–Kier alpha value is -3.00. The molecule has 2 atom stereocenters. The van der Waals surface area contributed by atoms with E-state index in [1.165, 1.54) is 27.2 Å². The molecule has 0 saturated heterocycles. The van der Waals surface area contributed by atoms with E-state index in [4.69, 9.17) is 9.84 Å². The lowest BCUT2D eigenvalue weighted by molar-refractivity contribution is -0.144. The molecule has 8 heteroatoms. The van der Waals surface area contributed by atoms with Crippen molar-refractivity contribution in [3.05, 3.63) is 59.7 Å². The van der Waals surface area contributed by atoms with Gasteiger partial charge >= 0.3 is 12.1 Å². The van der Waals surface area contributed by atoms with Crippen molar-refractivity contribution in [2.24, 2.45) is 5.92 Å². The summed E-state index contributed by atoms with van der Waals surface area (Å²) in [7, 11) is 0. The van der Waals surface area contributed by atoms with Gasteiger partial charge in [-0.25, -0.2) is 4.79 Å². The summed E-state index contributed by atoms with van der Waals surface area (Å²) in [5.74, 6) is -0.278. The zero-order valence-corrected chi connectivity index (χ0v) is 20.8. The van der Waals surface area contributed by atoms with Crippen LogP contribution in [0.5, 0.6) is 0 Å². The Kier molecular flexibility index (Phi) is 8.33. The fourth-order valence-electron chi connectivity index (χ4n) is 5.23. The first-order valence-corrected chi connectivity index (χ1v) is 13.5. The molecule has 2 aliphatic carbocycles. The molecule has 2 aromatic carbocycles. The number of hydrogen-bond donors (Lipinski definition) is 2. The molecule has 35 heavy (non-hydrogen) atoms. The molecule has 0 aliphatic heterocycles. The average molecular weight is 497 g/mol. The Morgan fingerprint density at radius 2 is 1.71 bits per heavy atom. The number of carbonyl (C=O) groups excluding carboxylic acids is 2. The molecule has 186 valence electrons. The van der Waals surface area contributed by atoms with Crippen LogP contribution in [0.4, 0.5) is 4.79 Å². The second kappa shape index (κ2) is 11.6. The smallest absolute Gasteiger partial charge is 0.407 e. The van der Waals surface area contributed by atoms with Crippen LogP contribution in [0.2, 0.25) is 0 Å². The molecule has 2 aromatic rings. The number of hydrogen-bond acceptors (Lipinski definition) is 5. The maximum atomic E-state index is 12.7. The number of amides is 2. The molecule has 0 heterocycles. The van der Waals surface area contributed by atoms with Crippen LogP contribution in [-0.2, 0) is 14.3 Å². The van der Waals surface area contributed by atoms with Crippen molar-refractivity contribution >= 4 is 29.7 Å². The van der Waals surface area contributed by atoms with E-state index in [0.29, 0.717) is 25.1 Å². The number of nitrogens with one attached hydrogen (secondary N) is 1. The fraction of sp³-hybridized carbons (Fsp3) is 0.444. The lowest BCUT2D eigenvalue weighted by atomic mass is 9.98. The van der Waals surface area contributed by atoms with Gasteiger partial charge in [0, 0.05) is 30.7 Å². The van der Waals surface area contributed by atoms with Crippen molar-refractivity contribution in [1.82, 2.24) is 10.2 Å². The monoisotopic (exact) mass is 496 g/mol. The largest absolute Gasteiger partial charge is 0.480 e. The van der Waals surface area contributed by atoms with Crippen molar-refractivity contribution in [2.45, 2.75) is 37.6 Å². The van der Waals surface area contributed by atoms with Crippen LogP contribution in [0.3, 0.4) is 0 Å². The van der Waals surface area contributed by atoms with Crippen molar-refractivity contribution < 1.29 is 24.2 Å². The minimum atomic E-state index is -0.999. The van der Waals surface area contributed by atoms with E-state index >= 15 is 0 Å². The fourth-order valence-corrected chi connectivity index (χ4v) is 5.63. The van der Waals surface area contributed by atoms with Crippen LogP contribution >= 0.6 is 11.8 Å². The van der Waals surface area contributed by atoms with E-state index in [1.807, 2.05) is 30.5 Å². The van der Waals surface area contributed by atoms with Crippen LogP contribution in [0.15, 0.2) is 48.5 Å². The highest BCUT2D eigenvalue weighted by molar-refractivity contribution is 7.98. The number of ether oxygens (including phenoxy) is 1. The number of carbonyl (C=O) groups is 3. The first-order valence-electron chi connectivity index (χ1n) is 12.1. The summed E-state index contributed by atoms with van der Waals surface area (Å²) in [6.07, 6.45) is 4.11. The van der Waals surface area contributed by atoms with E-state index in [-0.39, 0.29) is 36.9 Å². The van der Waals surface area contributed by atoms with Gasteiger partial charge in [-0.1, -0.05) is 48.5 Å². The number of thioether (sulfide) groups is 1. The van der Waals surface area contributed by atoms with Crippen molar-refractivity contribution in [1.29, 1.82) is 0 Å². The quantitative estimate of drug-likeness (QED) is 0.507. The lowest BCUT2D eigenvalue weighted by Crippen LogP contribution is -2.38. The third kappa shape index (κ3) is 6.17. The predicted molar refractivity (Wildman–Crippen MR) is 137 cm³/mol. The molecule has 0 spiro atoms. The summed E-state index contributed by atoms with van der Waals surface area (Å²) in [5, 5.41) is 12.1. The van der Waals surface area contributed by atoms with Crippen LogP contribution < -0.4 is 5.32 Å². The van der Waals surface area contributed by atoms with E-state index in [1.54, 1.807) is 11.8 Å². The first-order chi connectivity index (χ1) is 17.0. The molecular formula is C27H32N2O5S. The molecule has 2 N–H and O–H groups in total. The molecule has 1 saturated carbocycles. The number of rotatable bonds is 10. The van der Waals surface area contributed by atoms with E-state index < -0.39 is 12.1 Å². The number of carboxylic acid groups (broad SMARTS) is 1. The van der Waals surface area contributed by atoms with Gasteiger partial charge in [0.25, 0.3) is 0 Å². The highest BCUT2D eigenvalue weighted by Crippen LogP contribution is 2.44. The van der Waals surface area contributed by atoms with Crippen molar-refractivity contribution in [2.75, 3.05) is 31.7 Å². The Morgan fingerprint density at radius 3 is 2.34 bits per heavy atom. The Balaban J connectivity index is 1.26. The van der Waals surface area contributed by atoms with E-state index in [2.05, 4.69) is 29.6 Å². The number of nitrogens with zero attached hydrogens (tertiary/aromatic N) is 1.